The highest BCUT2D eigenvalue weighted by Gasteiger charge is 2.32. The Balaban J connectivity index is 1.61. The molecule has 0 radical (unpaired) electrons. The number of nitrogens with zero attached hydrogens (tertiary/aromatic N) is 3. The Morgan fingerprint density at radius 2 is 1.90 bits per heavy atom. The average Bonchev–Trinajstić information content (AvgIpc) is 3.27. The van der Waals surface area contributed by atoms with Crippen LogP contribution in [0.15, 0.2) is 98.3 Å². The minimum atomic E-state index is -0.693. The number of rotatable bonds is 8. The van der Waals surface area contributed by atoms with E-state index in [-0.39, 0.29) is 18.1 Å². The van der Waals surface area contributed by atoms with E-state index in [0.29, 0.717) is 48.9 Å². The number of anilines is 1. The van der Waals surface area contributed by atoms with Gasteiger partial charge < -0.3 is 14.8 Å². The molecule has 1 atom stereocenters. The number of carbonyl (C=O) groups excluding carboxylic acids is 1. The van der Waals surface area contributed by atoms with Crippen molar-refractivity contribution < 1.29 is 14.3 Å². The summed E-state index contributed by atoms with van der Waals surface area (Å²) in [6.07, 6.45) is 1.78. The fourth-order valence-electron chi connectivity index (χ4n) is 4.55. The zero-order chi connectivity index (χ0) is 28.9. The number of allylic oxidation sites excluding steroid dienone is 1. The first-order valence-electron chi connectivity index (χ1n) is 12.8. The monoisotopic (exact) mass is 628 g/mol. The normalized spacial score (nSPS) is 14.6. The zero-order valence-electron chi connectivity index (χ0n) is 22.3. The maximum atomic E-state index is 13.9. The molecule has 1 N–H and O–H groups in total. The summed E-state index contributed by atoms with van der Waals surface area (Å²) < 4.78 is 13.7. The van der Waals surface area contributed by atoms with Crippen molar-refractivity contribution in [3.63, 3.8) is 0 Å². The number of para-hydroxylation sites is 1. The van der Waals surface area contributed by atoms with Crippen LogP contribution in [0, 0.1) is 11.3 Å². The SMILES string of the molecule is CCOc1ccc([C@@H]2C(C(=O)Nc3ccccc3)=C(C)N=c3s/c(=C\c4ccc(OCC#N)c(Br)c4)c(=O)n32)cc1. The van der Waals surface area contributed by atoms with E-state index in [2.05, 4.69) is 21.2 Å². The molecule has 0 saturated heterocycles. The van der Waals surface area contributed by atoms with Crippen LogP contribution in [0.4, 0.5) is 5.69 Å². The number of nitrogens with one attached hydrogen (secondary N) is 1. The quantitative estimate of drug-likeness (QED) is 0.298. The van der Waals surface area contributed by atoms with Crippen molar-refractivity contribution in [3.8, 4) is 17.6 Å². The topological polar surface area (TPSA) is 106 Å². The Morgan fingerprint density at radius 1 is 1.15 bits per heavy atom. The number of carbonyl (C=O) groups is 1. The number of fused-ring (bicyclic) bond motifs is 1. The number of halogens is 1. The smallest absolute Gasteiger partial charge is 0.271 e. The number of hydrogen-bond donors (Lipinski definition) is 1. The van der Waals surface area contributed by atoms with Crippen LogP contribution in [0.2, 0.25) is 0 Å². The van der Waals surface area contributed by atoms with E-state index in [1.807, 2.05) is 79.7 Å². The minimum absolute atomic E-state index is 0.0678. The molecule has 41 heavy (non-hydrogen) atoms. The van der Waals surface area contributed by atoms with Crippen LogP contribution in [-0.2, 0) is 4.79 Å². The molecule has 206 valence electrons. The molecular formula is C31H25BrN4O4S. The standard InChI is InChI=1S/C31H25BrN4O4S/c1-3-39-23-12-10-21(11-13-23)28-27(29(37)35-22-7-5-4-6-8-22)19(2)34-31-36(28)30(38)26(41-31)18-20-9-14-25(24(32)17-20)40-16-15-33/h4-14,17-18,28H,3,16H2,1-2H3,(H,35,37)/b26-18-/t28-/m1/s1. The van der Waals surface area contributed by atoms with E-state index in [4.69, 9.17) is 19.7 Å². The van der Waals surface area contributed by atoms with Gasteiger partial charge in [-0.3, -0.25) is 14.2 Å². The maximum Gasteiger partial charge on any atom is 0.271 e. The molecule has 5 rings (SSSR count). The van der Waals surface area contributed by atoms with E-state index < -0.39 is 6.04 Å². The van der Waals surface area contributed by atoms with Gasteiger partial charge in [0.1, 0.15) is 17.6 Å². The highest BCUT2D eigenvalue weighted by atomic mass is 79.9. The van der Waals surface area contributed by atoms with E-state index in [1.165, 1.54) is 11.3 Å². The molecule has 1 aromatic heterocycles. The third-order valence-corrected chi connectivity index (χ3v) is 7.95. The predicted molar refractivity (Wildman–Crippen MR) is 162 cm³/mol. The minimum Gasteiger partial charge on any atom is -0.494 e. The van der Waals surface area contributed by atoms with Crippen LogP contribution in [0.25, 0.3) is 6.08 Å². The van der Waals surface area contributed by atoms with Gasteiger partial charge in [-0.1, -0.05) is 47.7 Å². The number of benzene rings is 3. The summed E-state index contributed by atoms with van der Waals surface area (Å²) in [7, 11) is 0. The molecule has 1 amide bonds. The molecule has 0 saturated carbocycles. The van der Waals surface area contributed by atoms with Gasteiger partial charge in [-0.25, -0.2) is 4.99 Å². The van der Waals surface area contributed by atoms with E-state index in [1.54, 1.807) is 23.6 Å². The molecule has 8 nitrogen and oxygen atoms in total. The molecule has 4 aromatic rings. The summed E-state index contributed by atoms with van der Waals surface area (Å²) in [6.45, 7) is 4.16. The van der Waals surface area contributed by atoms with E-state index >= 15 is 0 Å². The lowest BCUT2D eigenvalue weighted by atomic mass is 9.95. The summed E-state index contributed by atoms with van der Waals surface area (Å²) in [6, 6.07) is 23.2. The molecule has 3 aromatic carbocycles. The van der Waals surface area contributed by atoms with Crippen molar-refractivity contribution in [2.75, 3.05) is 18.5 Å². The molecule has 1 aliphatic heterocycles. The number of nitriles is 1. The van der Waals surface area contributed by atoms with E-state index in [9.17, 15) is 9.59 Å². The lowest BCUT2D eigenvalue weighted by Gasteiger charge is -2.25. The van der Waals surface area contributed by atoms with Crippen molar-refractivity contribution in [2.45, 2.75) is 19.9 Å². The van der Waals surface area contributed by atoms with Crippen molar-refractivity contribution in [2.24, 2.45) is 4.99 Å². The third kappa shape index (κ3) is 6.01. The predicted octanol–water partition coefficient (Wildman–Crippen LogP) is 4.94. The second kappa shape index (κ2) is 12.4. The van der Waals surface area contributed by atoms with Gasteiger partial charge in [0.2, 0.25) is 0 Å². The van der Waals surface area contributed by atoms with Gasteiger partial charge in [-0.15, -0.1) is 0 Å². The Labute approximate surface area is 248 Å². The summed E-state index contributed by atoms with van der Waals surface area (Å²) in [4.78, 5) is 32.8. The van der Waals surface area contributed by atoms with Crippen LogP contribution in [0.3, 0.4) is 0 Å². The fourth-order valence-corrected chi connectivity index (χ4v) is 6.10. The van der Waals surface area contributed by atoms with Gasteiger partial charge in [0.15, 0.2) is 11.4 Å². The van der Waals surface area contributed by atoms with Gasteiger partial charge >= 0.3 is 0 Å². The maximum absolute atomic E-state index is 13.9. The Kier molecular flexibility index (Phi) is 8.47. The summed E-state index contributed by atoms with van der Waals surface area (Å²) in [5.41, 5.74) is 2.84. The number of aromatic nitrogens is 1. The second-order valence-corrected chi connectivity index (χ2v) is 10.9. The molecule has 10 heteroatoms. The number of thiazole rings is 1. The molecule has 0 aliphatic carbocycles. The van der Waals surface area contributed by atoms with Gasteiger partial charge in [-0.05, 0) is 83.4 Å². The van der Waals surface area contributed by atoms with Gasteiger partial charge in [-0.2, -0.15) is 5.26 Å². The lowest BCUT2D eigenvalue weighted by molar-refractivity contribution is -0.113. The highest BCUT2D eigenvalue weighted by molar-refractivity contribution is 9.10. The molecule has 0 spiro atoms. The molecule has 2 heterocycles. The molecule has 1 aliphatic rings. The van der Waals surface area contributed by atoms with Crippen molar-refractivity contribution >= 4 is 44.9 Å². The molecule has 0 unspecified atom stereocenters. The van der Waals surface area contributed by atoms with Gasteiger partial charge in [0.25, 0.3) is 11.5 Å². The number of hydrogen-bond acceptors (Lipinski definition) is 7. The number of amides is 1. The zero-order valence-corrected chi connectivity index (χ0v) is 24.7. The fraction of sp³-hybridized carbons (Fsp3) is 0.161. The first kappa shape index (κ1) is 28.1. The van der Waals surface area contributed by atoms with Crippen LogP contribution < -0.4 is 29.7 Å². The highest BCUT2D eigenvalue weighted by Crippen LogP contribution is 2.32. The first-order chi connectivity index (χ1) is 19.9. The largest absolute Gasteiger partial charge is 0.494 e. The van der Waals surface area contributed by atoms with Crippen LogP contribution in [-0.4, -0.2) is 23.7 Å². The first-order valence-corrected chi connectivity index (χ1v) is 14.4. The van der Waals surface area contributed by atoms with Crippen molar-refractivity contribution in [1.82, 2.24) is 4.57 Å². The van der Waals surface area contributed by atoms with Crippen molar-refractivity contribution in [3.05, 3.63) is 119 Å². The van der Waals surface area contributed by atoms with Crippen LogP contribution >= 0.6 is 27.3 Å². The summed E-state index contributed by atoms with van der Waals surface area (Å²) in [5, 5.41) is 11.7. The molecule has 0 bridgehead atoms. The Morgan fingerprint density at radius 3 is 2.59 bits per heavy atom. The average molecular weight is 630 g/mol. The van der Waals surface area contributed by atoms with Crippen LogP contribution in [0.1, 0.15) is 31.0 Å². The lowest BCUT2D eigenvalue weighted by Crippen LogP contribution is -2.40. The summed E-state index contributed by atoms with van der Waals surface area (Å²) in [5.74, 6) is 0.903. The van der Waals surface area contributed by atoms with Gasteiger partial charge in [0.05, 0.1) is 32.9 Å². The Hall–Kier alpha value is -4.46. The summed E-state index contributed by atoms with van der Waals surface area (Å²) >= 11 is 4.73. The van der Waals surface area contributed by atoms with E-state index in [0.717, 1.165) is 11.1 Å². The van der Waals surface area contributed by atoms with Crippen LogP contribution in [0.5, 0.6) is 11.5 Å². The van der Waals surface area contributed by atoms with Crippen molar-refractivity contribution in [1.29, 1.82) is 5.26 Å². The molecule has 0 fully saturated rings. The van der Waals surface area contributed by atoms with Gasteiger partial charge in [0, 0.05) is 5.69 Å². The second-order valence-electron chi connectivity index (χ2n) is 9.04. The third-order valence-electron chi connectivity index (χ3n) is 6.35. The number of ether oxygens (including phenoxy) is 2. The molecular weight excluding hydrogens is 604 g/mol. The Bertz CT molecular complexity index is 1860.